The first kappa shape index (κ1) is 27.9. The van der Waals surface area contributed by atoms with Crippen molar-refractivity contribution in [2.45, 2.75) is 63.9 Å². The Bertz CT molecular complexity index is 808. The third-order valence-electron chi connectivity index (χ3n) is 4.34. The highest BCUT2D eigenvalue weighted by Crippen LogP contribution is 2.09. The van der Waals surface area contributed by atoms with Crippen molar-refractivity contribution in [2.75, 3.05) is 13.7 Å². The van der Waals surface area contributed by atoms with Crippen molar-refractivity contribution in [3.8, 4) is 0 Å². The Morgan fingerprint density at radius 3 is 2.06 bits per heavy atom. The van der Waals surface area contributed by atoms with Crippen LogP contribution in [0.4, 0.5) is 4.79 Å². The van der Waals surface area contributed by atoms with E-state index in [0.717, 1.165) is 12.7 Å². The van der Waals surface area contributed by atoms with Crippen LogP contribution in [0.2, 0.25) is 0 Å². The lowest BCUT2D eigenvalue weighted by Gasteiger charge is -2.27. The van der Waals surface area contributed by atoms with Crippen molar-refractivity contribution in [1.29, 1.82) is 0 Å². The first-order chi connectivity index (χ1) is 15.4. The fraction of sp³-hybridized carbons (Fsp3) is 0.545. The van der Waals surface area contributed by atoms with Crippen LogP contribution in [0.3, 0.4) is 0 Å². The fourth-order valence-corrected chi connectivity index (χ4v) is 2.75. The van der Waals surface area contributed by atoms with E-state index >= 15 is 0 Å². The van der Waals surface area contributed by atoms with Gasteiger partial charge in [0.25, 0.3) is 0 Å². The smallest absolute Gasteiger partial charge is 0.408 e. The van der Waals surface area contributed by atoms with Gasteiger partial charge in [0, 0.05) is 6.42 Å². The summed E-state index contributed by atoms with van der Waals surface area (Å²) in [6.45, 7) is 5.54. The number of methoxy groups -OCH3 is 1. The molecule has 0 saturated carbocycles. The number of aliphatic hydroxyl groups excluding tert-OH is 2. The van der Waals surface area contributed by atoms with Gasteiger partial charge in [-0.25, -0.2) is 9.59 Å². The van der Waals surface area contributed by atoms with Crippen LogP contribution in [-0.4, -0.2) is 77.6 Å². The number of amides is 3. The van der Waals surface area contributed by atoms with Gasteiger partial charge in [-0.05, 0) is 33.3 Å². The van der Waals surface area contributed by atoms with Gasteiger partial charge in [0.1, 0.15) is 17.7 Å². The molecule has 0 spiro atoms. The monoisotopic (exact) mass is 467 g/mol. The van der Waals surface area contributed by atoms with Crippen LogP contribution in [-0.2, 0) is 30.3 Å². The van der Waals surface area contributed by atoms with E-state index in [1.165, 1.54) is 6.92 Å². The molecule has 0 heterocycles. The predicted molar refractivity (Wildman–Crippen MR) is 118 cm³/mol. The molecule has 0 radical (unpaired) electrons. The Kier molecular flexibility index (Phi) is 10.8. The molecule has 184 valence electrons. The first-order valence-electron chi connectivity index (χ1n) is 10.4. The minimum absolute atomic E-state index is 0.0848. The summed E-state index contributed by atoms with van der Waals surface area (Å²) in [5.74, 6) is -2.57. The van der Waals surface area contributed by atoms with Crippen molar-refractivity contribution in [1.82, 2.24) is 16.0 Å². The van der Waals surface area contributed by atoms with Crippen molar-refractivity contribution >= 4 is 23.9 Å². The highest BCUT2D eigenvalue weighted by molar-refractivity contribution is 5.93. The lowest BCUT2D eigenvalue weighted by Crippen LogP contribution is -2.60. The van der Waals surface area contributed by atoms with Gasteiger partial charge >= 0.3 is 12.1 Å². The minimum Gasteiger partial charge on any atom is -0.467 e. The standard InChI is InChI=1S/C22H33N3O8/c1-13(27)17(19(29)23-16(12-26)20(30)32-5)25-18(28)15(11-14-9-7-6-8-10-14)24-21(31)33-22(2,3)4/h6-10,13,15-17,26-27H,11-12H2,1-5H3,(H,23,29)(H,24,31)(H,25,28)/t13-,15+,16+,17+/m1/s1. The summed E-state index contributed by atoms with van der Waals surface area (Å²) in [6.07, 6.45) is -2.10. The van der Waals surface area contributed by atoms with E-state index < -0.39 is 60.3 Å². The Hall–Kier alpha value is -3.18. The van der Waals surface area contributed by atoms with E-state index in [2.05, 4.69) is 20.7 Å². The summed E-state index contributed by atoms with van der Waals surface area (Å²) in [6, 6.07) is 4.88. The number of hydrogen-bond donors (Lipinski definition) is 5. The molecule has 11 heteroatoms. The fourth-order valence-electron chi connectivity index (χ4n) is 2.75. The third kappa shape index (κ3) is 9.87. The quantitative estimate of drug-likeness (QED) is 0.291. The van der Waals surface area contributed by atoms with Crippen LogP contribution in [0, 0.1) is 0 Å². The number of hydrogen-bond acceptors (Lipinski definition) is 8. The molecular weight excluding hydrogens is 434 g/mol. The van der Waals surface area contributed by atoms with Gasteiger partial charge in [0.15, 0.2) is 6.04 Å². The van der Waals surface area contributed by atoms with Gasteiger partial charge in [-0.2, -0.15) is 0 Å². The lowest BCUT2D eigenvalue weighted by molar-refractivity contribution is -0.147. The Morgan fingerprint density at radius 2 is 1.58 bits per heavy atom. The topological polar surface area (TPSA) is 163 Å². The molecule has 1 rings (SSSR count). The van der Waals surface area contributed by atoms with Gasteiger partial charge in [-0.3, -0.25) is 9.59 Å². The van der Waals surface area contributed by atoms with E-state index in [-0.39, 0.29) is 6.42 Å². The van der Waals surface area contributed by atoms with E-state index in [4.69, 9.17) is 4.74 Å². The Labute approximate surface area is 192 Å². The molecule has 33 heavy (non-hydrogen) atoms. The summed E-state index contributed by atoms with van der Waals surface area (Å²) in [5, 5.41) is 26.4. The predicted octanol–water partition coefficient (Wildman–Crippen LogP) is -0.362. The number of benzene rings is 1. The first-order valence-corrected chi connectivity index (χ1v) is 10.4. The summed E-state index contributed by atoms with van der Waals surface area (Å²) >= 11 is 0. The summed E-state index contributed by atoms with van der Waals surface area (Å²) < 4.78 is 9.71. The zero-order valence-corrected chi connectivity index (χ0v) is 19.5. The third-order valence-corrected chi connectivity index (χ3v) is 4.34. The number of aliphatic hydroxyl groups is 2. The molecule has 0 aliphatic carbocycles. The van der Waals surface area contributed by atoms with Crippen LogP contribution in [0.25, 0.3) is 0 Å². The number of alkyl carbamates (subject to hydrolysis) is 1. The van der Waals surface area contributed by atoms with Gasteiger partial charge in [0.2, 0.25) is 11.8 Å². The summed E-state index contributed by atoms with van der Waals surface area (Å²) in [4.78, 5) is 49.5. The van der Waals surface area contributed by atoms with Crippen LogP contribution in [0.5, 0.6) is 0 Å². The van der Waals surface area contributed by atoms with Crippen molar-refractivity contribution in [3.05, 3.63) is 35.9 Å². The maximum Gasteiger partial charge on any atom is 0.408 e. The highest BCUT2D eigenvalue weighted by atomic mass is 16.6. The van der Waals surface area contributed by atoms with Gasteiger partial charge in [-0.15, -0.1) is 0 Å². The van der Waals surface area contributed by atoms with Crippen molar-refractivity contribution in [2.24, 2.45) is 0 Å². The van der Waals surface area contributed by atoms with E-state index in [0.29, 0.717) is 0 Å². The number of carbonyl (C=O) groups excluding carboxylic acids is 4. The average molecular weight is 468 g/mol. The second-order valence-corrected chi connectivity index (χ2v) is 8.38. The number of ether oxygens (including phenoxy) is 2. The molecule has 0 aromatic heterocycles. The molecular formula is C22H33N3O8. The van der Waals surface area contributed by atoms with Crippen molar-refractivity contribution in [3.63, 3.8) is 0 Å². The molecule has 1 aromatic rings. The number of carbonyl (C=O) groups is 4. The highest BCUT2D eigenvalue weighted by Gasteiger charge is 2.33. The normalized spacial score (nSPS) is 14.8. The molecule has 0 saturated heterocycles. The molecule has 1 aromatic carbocycles. The Balaban J connectivity index is 3.03. The van der Waals surface area contributed by atoms with Crippen LogP contribution in [0.1, 0.15) is 33.3 Å². The lowest BCUT2D eigenvalue weighted by atomic mass is 10.0. The summed E-state index contributed by atoms with van der Waals surface area (Å²) in [7, 11) is 1.08. The molecule has 0 unspecified atom stereocenters. The SMILES string of the molecule is COC(=O)[C@H](CO)NC(=O)[C@@H](NC(=O)[C@H](Cc1ccccc1)NC(=O)OC(C)(C)C)[C@@H](C)O. The maximum absolute atomic E-state index is 13.0. The molecule has 0 aliphatic heterocycles. The van der Waals surface area contributed by atoms with Crippen molar-refractivity contribution < 1.29 is 38.9 Å². The zero-order chi connectivity index (χ0) is 25.2. The minimum atomic E-state index is -1.48. The molecule has 0 bridgehead atoms. The molecule has 0 fully saturated rings. The molecule has 3 amide bonds. The van der Waals surface area contributed by atoms with Crippen LogP contribution in [0.15, 0.2) is 30.3 Å². The molecule has 5 N–H and O–H groups in total. The number of rotatable bonds is 10. The second-order valence-electron chi connectivity index (χ2n) is 8.38. The molecule has 4 atom stereocenters. The van der Waals surface area contributed by atoms with Crippen LogP contribution < -0.4 is 16.0 Å². The average Bonchev–Trinajstić information content (AvgIpc) is 2.73. The van der Waals surface area contributed by atoms with Crippen LogP contribution >= 0.6 is 0 Å². The molecule has 11 nitrogen and oxygen atoms in total. The van der Waals surface area contributed by atoms with E-state index in [9.17, 15) is 29.4 Å². The van der Waals surface area contributed by atoms with Gasteiger partial charge in [0.05, 0.1) is 19.8 Å². The second kappa shape index (κ2) is 12.8. The molecule has 0 aliphatic rings. The van der Waals surface area contributed by atoms with Gasteiger partial charge < -0.3 is 35.6 Å². The number of nitrogens with one attached hydrogen (secondary N) is 3. The maximum atomic E-state index is 13.0. The number of esters is 1. The van der Waals surface area contributed by atoms with Gasteiger partial charge in [-0.1, -0.05) is 30.3 Å². The largest absolute Gasteiger partial charge is 0.467 e. The summed E-state index contributed by atoms with van der Waals surface area (Å²) in [5.41, 5.74) is -0.0645. The van der Waals surface area contributed by atoms with E-state index in [1.54, 1.807) is 51.1 Å². The zero-order valence-electron chi connectivity index (χ0n) is 19.5. The van der Waals surface area contributed by atoms with E-state index in [1.807, 2.05) is 0 Å². The Morgan fingerprint density at radius 1 is 0.970 bits per heavy atom.